The molecule has 1 atom stereocenters. The summed E-state index contributed by atoms with van der Waals surface area (Å²) in [6, 6.07) is 11.4. The second-order valence-corrected chi connectivity index (χ2v) is 5.98. The van der Waals surface area contributed by atoms with Gasteiger partial charge in [0.05, 0.1) is 11.4 Å². The van der Waals surface area contributed by atoms with Gasteiger partial charge < -0.3 is 5.32 Å². The van der Waals surface area contributed by atoms with Crippen molar-refractivity contribution in [2.45, 2.75) is 19.4 Å². The van der Waals surface area contributed by atoms with Crippen LogP contribution in [0, 0.1) is 5.82 Å². The van der Waals surface area contributed by atoms with Gasteiger partial charge in [-0.3, -0.25) is 9.79 Å². The van der Waals surface area contributed by atoms with Gasteiger partial charge in [-0.1, -0.05) is 35.0 Å². The number of halogens is 2. The van der Waals surface area contributed by atoms with Crippen molar-refractivity contribution in [1.82, 2.24) is 0 Å². The molecule has 2 aromatic rings. The lowest BCUT2D eigenvalue weighted by molar-refractivity contribution is -0.117. The van der Waals surface area contributed by atoms with E-state index in [0.29, 0.717) is 28.9 Å². The predicted molar refractivity (Wildman–Crippen MR) is 88.9 cm³/mol. The van der Waals surface area contributed by atoms with Crippen LogP contribution in [0.1, 0.15) is 24.5 Å². The van der Waals surface area contributed by atoms with Crippen LogP contribution < -0.4 is 5.32 Å². The van der Waals surface area contributed by atoms with Crippen LogP contribution in [0.2, 0.25) is 0 Å². The Morgan fingerprint density at radius 3 is 2.73 bits per heavy atom. The zero-order valence-corrected chi connectivity index (χ0v) is 13.5. The van der Waals surface area contributed by atoms with Crippen LogP contribution in [0.15, 0.2) is 51.9 Å². The van der Waals surface area contributed by atoms with Crippen LogP contribution in [-0.2, 0) is 4.79 Å². The molecule has 22 heavy (non-hydrogen) atoms. The summed E-state index contributed by atoms with van der Waals surface area (Å²) >= 11 is 3.42. The number of rotatable bonds is 2. The van der Waals surface area contributed by atoms with E-state index < -0.39 is 6.04 Å². The number of carbonyl (C=O) groups is 1. The van der Waals surface area contributed by atoms with Gasteiger partial charge in [-0.25, -0.2) is 4.39 Å². The van der Waals surface area contributed by atoms with E-state index >= 15 is 0 Å². The highest BCUT2D eigenvalue weighted by Gasteiger charge is 2.25. The number of benzodiazepines with no additional fused rings is 1. The standard InChI is InChI=1S/C17H14BrFN2O/c1-2-14-17(22)21-15-8-7-10(18)9-12(15)16(20-14)11-5-3-4-6-13(11)19/h3-9,14H,2H2,1H3,(H,21,22). The molecule has 3 nitrogen and oxygen atoms in total. The van der Waals surface area contributed by atoms with Gasteiger partial charge in [0.25, 0.3) is 0 Å². The highest BCUT2D eigenvalue weighted by Crippen LogP contribution is 2.28. The Hall–Kier alpha value is -2.01. The summed E-state index contributed by atoms with van der Waals surface area (Å²) in [7, 11) is 0. The first-order chi connectivity index (χ1) is 10.6. The molecule has 0 radical (unpaired) electrons. The predicted octanol–water partition coefficient (Wildman–Crippen LogP) is 4.16. The number of amides is 1. The summed E-state index contributed by atoms with van der Waals surface area (Å²) in [6.07, 6.45) is 0.555. The second kappa shape index (κ2) is 6.01. The molecule has 5 heteroatoms. The van der Waals surface area contributed by atoms with Crippen LogP contribution >= 0.6 is 15.9 Å². The minimum absolute atomic E-state index is 0.169. The minimum Gasteiger partial charge on any atom is -0.324 e. The number of anilines is 1. The smallest absolute Gasteiger partial charge is 0.249 e. The number of hydrogen-bond acceptors (Lipinski definition) is 2. The van der Waals surface area contributed by atoms with E-state index in [0.717, 1.165) is 4.47 Å². The molecule has 1 N–H and O–H groups in total. The van der Waals surface area contributed by atoms with E-state index in [4.69, 9.17) is 0 Å². The van der Waals surface area contributed by atoms with Crippen LogP contribution in [0.4, 0.5) is 10.1 Å². The molecule has 112 valence electrons. The van der Waals surface area contributed by atoms with Gasteiger partial charge in [-0.05, 0) is 36.8 Å². The number of carbonyl (C=O) groups excluding carboxylic acids is 1. The largest absolute Gasteiger partial charge is 0.324 e. The molecule has 0 bridgehead atoms. The Morgan fingerprint density at radius 1 is 1.23 bits per heavy atom. The van der Waals surface area contributed by atoms with Gasteiger partial charge in [-0.2, -0.15) is 0 Å². The first kappa shape index (κ1) is 14.9. The fourth-order valence-electron chi connectivity index (χ4n) is 2.47. The molecule has 0 aliphatic carbocycles. The summed E-state index contributed by atoms with van der Waals surface area (Å²) in [4.78, 5) is 16.8. The van der Waals surface area contributed by atoms with Crippen molar-refractivity contribution in [3.05, 3.63) is 63.9 Å². The maximum atomic E-state index is 14.2. The molecule has 0 spiro atoms. The summed E-state index contributed by atoms with van der Waals surface area (Å²) < 4.78 is 15.1. The fourth-order valence-corrected chi connectivity index (χ4v) is 2.83. The van der Waals surface area contributed by atoms with E-state index in [2.05, 4.69) is 26.2 Å². The van der Waals surface area contributed by atoms with Crippen molar-refractivity contribution in [3.63, 3.8) is 0 Å². The van der Waals surface area contributed by atoms with Crippen molar-refractivity contribution in [2.24, 2.45) is 4.99 Å². The Bertz CT molecular complexity index is 773. The first-order valence-electron chi connectivity index (χ1n) is 7.03. The third kappa shape index (κ3) is 2.68. The van der Waals surface area contributed by atoms with Gasteiger partial charge in [0.2, 0.25) is 5.91 Å². The molecule has 1 aliphatic heterocycles. The Labute approximate surface area is 136 Å². The highest BCUT2D eigenvalue weighted by molar-refractivity contribution is 9.10. The van der Waals surface area contributed by atoms with Crippen molar-refractivity contribution >= 4 is 33.2 Å². The number of aliphatic imine (C=N–C) groups is 1. The molecule has 1 heterocycles. The molecule has 0 saturated heterocycles. The molecule has 0 saturated carbocycles. The van der Waals surface area contributed by atoms with Crippen LogP contribution in [0.25, 0.3) is 0 Å². The molecular formula is C17H14BrFN2O. The highest BCUT2D eigenvalue weighted by atomic mass is 79.9. The van der Waals surface area contributed by atoms with Crippen molar-refractivity contribution in [3.8, 4) is 0 Å². The molecule has 2 aromatic carbocycles. The SMILES string of the molecule is CCC1N=C(c2ccccc2F)c2cc(Br)ccc2NC1=O. The van der Waals surface area contributed by atoms with E-state index in [-0.39, 0.29) is 11.7 Å². The average molecular weight is 361 g/mol. The summed E-state index contributed by atoms with van der Waals surface area (Å²) in [6.45, 7) is 1.89. The molecule has 1 unspecified atom stereocenters. The van der Waals surface area contributed by atoms with Gasteiger partial charge in [0, 0.05) is 15.6 Å². The van der Waals surface area contributed by atoms with Crippen molar-refractivity contribution < 1.29 is 9.18 Å². The third-order valence-electron chi connectivity index (χ3n) is 3.60. The van der Waals surface area contributed by atoms with E-state index in [1.165, 1.54) is 6.07 Å². The van der Waals surface area contributed by atoms with Crippen LogP contribution in [0.3, 0.4) is 0 Å². The average Bonchev–Trinajstić information content (AvgIpc) is 2.64. The molecular weight excluding hydrogens is 347 g/mol. The summed E-state index contributed by atoms with van der Waals surface area (Å²) in [5, 5.41) is 2.87. The van der Waals surface area contributed by atoms with Crippen LogP contribution in [-0.4, -0.2) is 17.7 Å². The lowest BCUT2D eigenvalue weighted by atomic mass is 10.00. The Balaban J connectivity index is 2.26. The zero-order valence-electron chi connectivity index (χ0n) is 11.9. The fraction of sp³-hybridized carbons (Fsp3) is 0.176. The normalized spacial score (nSPS) is 17.3. The van der Waals surface area contributed by atoms with E-state index in [1.807, 2.05) is 19.1 Å². The van der Waals surface area contributed by atoms with E-state index in [9.17, 15) is 9.18 Å². The van der Waals surface area contributed by atoms with Crippen molar-refractivity contribution in [2.75, 3.05) is 5.32 Å². The molecule has 1 aliphatic rings. The van der Waals surface area contributed by atoms with Crippen molar-refractivity contribution in [1.29, 1.82) is 0 Å². The second-order valence-electron chi connectivity index (χ2n) is 5.06. The minimum atomic E-state index is -0.527. The number of hydrogen-bond donors (Lipinski definition) is 1. The monoisotopic (exact) mass is 360 g/mol. The van der Waals surface area contributed by atoms with Crippen LogP contribution in [0.5, 0.6) is 0 Å². The molecule has 0 aromatic heterocycles. The molecule has 1 amide bonds. The molecule has 0 fully saturated rings. The maximum Gasteiger partial charge on any atom is 0.249 e. The quantitative estimate of drug-likeness (QED) is 0.858. The summed E-state index contributed by atoms with van der Waals surface area (Å²) in [5.41, 5.74) is 2.26. The van der Waals surface area contributed by atoms with E-state index in [1.54, 1.807) is 24.3 Å². The van der Waals surface area contributed by atoms with Gasteiger partial charge in [-0.15, -0.1) is 0 Å². The number of nitrogens with zero attached hydrogens (tertiary/aromatic N) is 1. The number of nitrogens with one attached hydrogen (secondary N) is 1. The maximum absolute atomic E-state index is 14.2. The number of benzene rings is 2. The lowest BCUT2D eigenvalue weighted by Gasteiger charge is -2.11. The third-order valence-corrected chi connectivity index (χ3v) is 4.09. The topological polar surface area (TPSA) is 41.5 Å². The number of fused-ring (bicyclic) bond motifs is 1. The van der Waals surface area contributed by atoms with Gasteiger partial charge >= 0.3 is 0 Å². The zero-order chi connectivity index (χ0) is 15.7. The first-order valence-corrected chi connectivity index (χ1v) is 7.83. The van der Waals surface area contributed by atoms with Gasteiger partial charge in [0.1, 0.15) is 11.9 Å². The van der Waals surface area contributed by atoms with Gasteiger partial charge in [0.15, 0.2) is 0 Å². The lowest BCUT2D eigenvalue weighted by Crippen LogP contribution is -2.24. The molecule has 3 rings (SSSR count). The Morgan fingerprint density at radius 2 is 2.00 bits per heavy atom. The summed E-state index contributed by atoms with van der Waals surface area (Å²) in [5.74, 6) is -0.520. The Kier molecular flexibility index (Phi) is 4.07.